The van der Waals surface area contributed by atoms with Gasteiger partial charge in [-0.1, -0.05) is 237 Å². The molecule has 0 saturated heterocycles. The first-order valence-corrected chi connectivity index (χ1v) is 29.9. The number of hydrogen-bond donors (Lipinski definition) is 0. The number of para-hydroxylation sites is 5. The first kappa shape index (κ1) is 49.5. The van der Waals surface area contributed by atoms with Crippen LogP contribution in [0.2, 0.25) is 0 Å². The van der Waals surface area contributed by atoms with Gasteiger partial charge in [-0.15, -0.1) is 0 Å². The van der Waals surface area contributed by atoms with Gasteiger partial charge in [0.05, 0.1) is 44.1 Å². The van der Waals surface area contributed by atoms with Crippen molar-refractivity contribution in [2.75, 3.05) is 0 Å². The summed E-state index contributed by atoms with van der Waals surface area (Å²) in [5.41, 5.74) is 20.2. The van der Waals surface area contributed by atoms with Crippen LogP contribution in [-0.2, 0) is 0 Å². The second-order valence-corrected chi connectivity index (χ2v) is 22.7. The molecule has 0 aliphatic rings. The van der Waals surface area contributed by atoms with Crippen LogP contribution in [0.25, 0.3) is 166 Å². The van der Waals surface area contributed by atoms with Gasteiger partial charge >= 0.3 is 0 Å². The fourth-order valence-corrected chi connectivity index (χ4v) is 13.9. The topological polar surface area (TPSA) is 58.4 Å². The summed E-state index contributed by atoms with van der Waals surface area (Å²) >= 11 is 0. The molecule has 0 atom stereocenters. The Morgan fingerprint density at radius 1 is 0.182 bits per heavy atom. The van der Waals surface area contributed by atoms with Crippen molar-refractivity contribution >= 4 is 87.2 Å². The fraction of sp³-hybridized carbons (Fsp3) is 0. The highest BCUT2D eigenvalue weighted by Crippen LogP contribution is 2.51. The molecule has 0 aliphatic carbocycles. The average Bonchev–Trinajstić information content (AvgIpc) is 1.54. The van der Waals surface area contributed by atoms with E-state index in [1.807, 2.05) is 36.4 Å². The first-order valence-electron chi connectivity index (χ1n) is 29.9. The van der Waals surface area contributed by atoms with Crippen LogP contribution in [0.1, 0.15) is 0 Å². The summed E-state index contributed by atoms with van der Waals surface area (Å²) < 4.78 is 10.0. The molecule has 0 unspecified atom stereocenters. The van der Waals surface area contributed by atoms with Crippen molar-refractivity contribution in [3.8, 4) is 79.2 Å². The van der Waals surface area contributed by atoms with Crippen molar-refractivity contribution in [2.24, 2.45) is 0 Å². The van der Waals surface area contributed by atoms with Crippen LogP contribution in [0.3, 0.4) is 0 Å². The van der Waals surface area contributed by atoms with E-state index in [1.54, 1.807) is 0 Å². The van der Waals surface area contributed by atoms with Crippen LogP contribution < -0.4 is 0 Å². The van der Waals surface area contributed by atoms with Gasteiger partial charge in [0, 0.05) is 82.5 Å². The SMILES string of the molecule is c1ccc(-c2ccc3c4ccc(-c5ccccc5)cc4n(-c4cc(-c5nc(-c6ccccc6)nc(-c6ccccc6)n5)cc(-n5c6ccccc6c6c7c(c8ccccc8n7-c7ccccc7)c7c(c8ccccc8n7-c7ccccc7)c65)c4)c3c2)cc1. The van der Waals surface area contributed by atoms with E-state index in [1.165, 1.54) is 10.8 Å². The lowest BCUT2D eigenvalue weighted by Crippen LogP contribution is -2.04. The molecule has 0 aliphatic heterocycles. The molecular weight excluding hydrogens is 1070 g/mol. The summed E-state index contributed by atoms with van der Waals surface area (Å²) in [7, 11) is 0. The third kappa shape index (κ3) is 7.67. The molecule has 18 rings (SSSR count). The van der Waals surface area contributed by atoms with Gasteiger partial charge in [0.15, 0.2) is 17.5 Å². The smallest absolute Gasteiger partial charge is 0.164 e. The molecule has 0 fully saturated rings. The number of hydrogen-bond acceptors (Lipinski definition) is 3. The van der Waals surface area contributed by atoms with Gasteiger partial charge in [0.25, 0.3) is 0 Å². The monoisotopic (exact) mass is 1120 g/mol. The van der Waals surface area contributed by atoms with Crippen molar-refractivity contribution in [2.45, 2.75) is 0 Å². The predicted molar refractivity (Wildman–Crippen MR) is 364 cm³/mol. The van der Waals surface area contributed by atoms with Crippen LogP contribution >= 0.6 is 0 Å². The Hall–Kier alpha value is -11.9. The van der Waals surface area contributed by atoms with Crippen molar-refractivity contribution in [1.29, 1.82) is 0 Å². The highest BCUT2D eigenvalue weighted by atomic mass is 15.1. The molecule has 7 nitrogen and oxygen atoms in total. The first-order chi connectivity index (χ1) is 43.7. The van der Waals surface area contributed by atoms with Crippen molar-refractivity contribution in [1.82, 2.24) is 33.2 Å². The molecule has 0 saturated carbocycles. The van der Waals surface area contributed by atoms with Gasteiger partial charge in [-0.05, 0) is 95.1 Å². The normalized spacial score (nSPS) is 11.9. The van der Waals surface area contributed by atoms with Gasteiger partial charge in [0.1, 0.15) is 0 Å². The van der Waals surface area contributed by atoms with E-state index in [9.17, 15) is 0 Å². The predicted octanol–water partition coefficient (Wildman–Crippen LogP) is 20.6. The average molecular weight is 1120 g/mol. The molecule has 0 N–H and O–H groups in total. The minimum absolute atomic E-state index is 0.560. The number of fused-ring (bicyclic) bond motifs is 15. The van der Waals surface area contributed by atoms with Crippen LogP contribution in [-0.4, -0.2) is 33.2 Å². The molecule has 5 heterocycles. The van der Waals surface area contributed by atoms with Gasteiger partial charge in [-0.2, -0.15) is 0 Å². The third-order valence-corrected chi connectivity index (χ3v) is 17.7. The maximum atomic E-state index is 5.49. The van der Waals surface area contributed by atoms with Crippen molar-refractivity contribution in [3.63, 3.8) is 0 Å². The van der Waals surface area contributed by atoms with E-state index in [0.29, 0.717) is 17.5 Å². The summed E-state index contributed by atoms with van der Waals surface area (Å²) in [6.45, 7) is 0. The minimum atomic E-state index is 0.560. The Bertz CT molecular complexity index is 5540. The van der Waals surface area contributed by atoms with Crippen LogP contribution in [0, 0.1) is 0 Å². The van der Waals surface area contributed by atoms with E-state index in [4.69, 9.17) is 15.0 Å². The molecule has 0 bridgehead atoms. The summed E-state index contributed by atoms with van der Waals surface area (Å²) in [5, 5.41) is 9.32. The Balaban J connectivity index is 1.05. The summed E-state index contributed by atoms with van der Waals surface area (Å²) in [4.78, 5) is 16.2. The Morgan fingerprint density at radius 3 is 0.875 bits per heavy atom. The molecule has 5 aromatic heterocycles. The molecule has 13 aromatic carbocycles. The summed E-state index contributed by atoms with van der Waals surface area (Å²) in [6.07, 6.45) is 0. The standard InChI is InChI=1S/C81H51N7/c1-7-25-52(26-8-1)56-43-45-63-64-46-44-57(53-27-9-2-10-28-53)50-72(64)85(71(63)49-56)61-47-58(81-83-79(54-29-11-3-12-30-54)82-80(84-81)55-31-13-4-14-32-55)48-62(51-61)88-70-42-24-21-39-67(70)75-77-73(65-37-19-22-40-68(65)86(77)59-33-15-5-16-34-59)76-74(78(75)88)66-38-20-23-41-69(66)87(76)60-35-17-6-18-36-60/h1-51H. The van der Waals surface area contributed by atoms with Gasteiger partial charge in [-0.3, -0.25) is 0 Å². The van der Waals surface area contributed by atoms with E-state index in [0.717, 1.165) is 138 Å². The van der Waals surface area contributed by atoms with E-state index in [2.05, 4.69) is 291 Å². The maximum Gasteiger partial charge on any atom is 0.164 e. The van der Waals surface area contributed by atoms with Crippen LogP contribution in [0.15, 0.2) is 309 Å². The van der Waals surface area contributed by atoms with E-state index >= 15 is 0 Å². The Kier molecular flexibility index (Phi) is 11.2. The lowest BCUT2D eigenvalue weighted by Gasteiger charge is -2.17. The molecular formula is C81H51N7. The highest BCUT2D eigenvalue weighted by molar-refractivity contribution is 6.40. The highest BCUT2D eigenvalue weighted by Gasteiger charge is 2.30. The zero-order valence-corrected chi connectivity index (χ0v) is 47.6. The fourth-order valence-electron chi connectivity index (χ4n) is 13.9. The molecule has 0 amide bonds. The zero-order valence-electron chi connectivity index (χ0n) is 47.6. The second-order valence-electron chi connectivity index (χ2n) is 22.7. The zero-order chi connectivity index (χ0) is 57.8. The quantitative estimate of drug-likeness (QED) is 0.145. The van der Waals surface area contributed by atoms with Gasteiger partial charge in [-0.25, -0.2) is 15.0 Å². The summed E-state index contributed by atoms with van der Waals surface area (Å²) in [6, 6.07) is 112. The Labute approximate surface area is 506 Å². The molecule has 410 valence electrons. The number of nitrogens with zero attached hydrogens (tertiary/aromatic N) is 7. The molecule has 88 heavy (non-hydrogen) atoms. The molecule has 0 radical (unpaired) electrons. The second kappa shape index (κ2) is 19.8. The third-order valence-electron chi connectivity index (χ3n) is 17.7. The number of benzene rings is 13. The van der Waals surface area contributed by atoms with E-state index < -0.39 is 0 Å². The molecule has 0 spiro atoms. The lowest BCUT2D eigenvalue weighted by atomic mass is 10.0. The van der Waals surface area contributed by atoms with Gasteiger partial charge in [0.2, 0.25) is 0 Å². The number of rotatable bonds is 9. The Morgan fingerprint density at radius 2 is 0.489 bits per heavy atom. The lowest BCUT2D eigenvalue weighted by molar-refractivity contribution is 1.07. The number of aromatic nitrogens is 7. The minimum Gasteiger partial charge on any atom is -0.309 e. The molecule has 18 aromatic rings. The van der Waals surface area contributed by atoms with E-state index in [-0.39, 0.29) is 0 Å². The maximum absolute atomic E-state index is 5.49. The van der Waals surface area contributed by atoms with Crippen molar-refractivity contribution < 1.29 is 0 Å². The van der Waals surface area contributed by atoms with Crippen molar-refractivity contribution in [3.05, 3.63) is 309 Å². The van der Waals surface area contributed by atoms with Gasteiger partial charge < -0.3 is 18.3 Å². The van der Waals surface area contributed by atoms with Crippen LogP contribution in [0.5, 0.6) is 0 Å². The summed E-state index contributed by atoms with van der Waals surface area (Å²) in [5.74, 6) is 1.75. The molecule has 7 heteroatoms. The largest absolute Gasteiger partial charge is 0.309 e. The van der Waals surface area contributed by atoms with Crippen LogP contribution in [0.4, 0.5) is 0 Å².